The Kier molecular flexibility index (Phi) is 3.17. The molecule has 76 valence electrons. The van der Waals surface area contributed by atoms with E-state index in [1.807, 2.05) is 30.3 Å². The maximum Gasteiger partial charge on any atom is 0.0838 e. The van der Waals surface area contributed by atoms with Crippen LogP contribution in [0.4, 0.5) is 0 Å². The minimum Gasteiger partial charge on any atom is -0.390 e. The third-order valence-corrected chi connectivity index (χ3v) is 2.72. The lowest BCUT2D eigenvalue weighted by molar-refractivity contribution is -0.0273. The standard InChI is InChI=1S/C12H16O2/c13-11-7-4-8-12(11)14-9-10-5-2-1-3-6-10/h1-3,5-6,11-13H,4,7-9H2/t11-,12+/m0/s1. The second-order valence-electron chi connectivity index (χ2n) is 3.83. The average molecular weight is 192 g/mol. The van der Waals surface area contributed by atoms with Crippen molar-refractivity contribution in [2.75, 3.05) is 0 Å². The van der Waals surface area contributed by atoms with Gasteiger partial charge < -0.3 is 9.84 Å². The van der Waals surface area contributed by atoms with E-state index in [9.17, 15) is 5.11 Å². The predicted molar refractivity (Wildman–Crippen MR) is 54.9 cm³/mol. The van der Waals surface area contributed by atoms with Gasteiger partial charge in [-0.25, -0.2) is 0 Å². The van der Waals surface area contributed by atoms with E-state index in [-0.39, 0.29) is 12.2 Å². The van der Waals surface area contributed by atoms with Crippen molar-refractivity contribution in [3.05, 3.63) is 35.9 Å². The minimum atomic E-state index is -0.251. The summed E-state index contributed by atoms with van der Waals surface area (Å²) in [7, 11) is 0. The Morgan fingerprint density at radius 3 is 2.64 bits per heavy atom. The van der Waals surface area contributed by atoms with Crippen molar-refractivity contribution in [3.8, 4) is 0 Å². The van der Waals surface area contributed by atoms with Gasteiger partial charge in [0.1, 0.15) is 0 Å². The van der Waals surface area contributed by atoms with Crippen LogP contribution in [-0.2, 0) is 11.3 Å². The molecule has 1 aromatic carbocycles. The Balaban J connectivity index is 1.82. The third kappa shape index (κ3) is 2.34. The van der Waals surface area contributed by atoms with Gasteiger partial charge in [-0.05, 0) is 24.8 Å². The van der Waals surface area contributed by atoms with E-state index < -0.39 is 0 Å². The normalized spacial score (nSPS) is 26.6. The predicted octanol–water partition coefficient (Wildman–Crippen LogP) is 2.12. The molecule has 2 nitrogen and oxygen atoms in total. The highest BCUT2D eigenvalue weighted by atomic mass is 16.5. The maximum atomic E-state index is 9.54. The van der Waals surface area contributed by atoms with Gasteiger partial charge in [0.05, 0.1) is 18.8 Å². The number of aliphatic hydroxyl groups excluding tert-OH is 1. The molecule has 2 atom stereocenters. The molecule has 14 heavy (non-hydrogen) atoms. The molecule has 2 heteroatoms. The summed E-state index contributed by atoms with van der Waals surface area (Å²) in [5.41, 5.74) is 1.17. The lowest BCUT2D eigenvalue weighted by Crippen LogP contribution is -2.22. The monoisotopic (exact) mass is 192 g/mol. The average Bonchev–Trinajstić information content (AvgIpc) is 2.63. The van der Waals surface area contributed by atoms with E-state index in [1.165, 1.54) is 5.56 Å². The fraction of sp³-hybridized carbons (Fsp3) is 0.500. The van der Waals surface area contributed by atoms with Crippen molar-refractivity contribution < 1.29 is 9.84 Å². The van der Waals surface area contributed by atoms with Crippen LogP contribution in [0.3, 0.4) is 0 Å². The first kappa shape index (κ1) is 9.69. The van der Waals surface area contributed by atoms with Gasteiger partial charge in [0.25, 0.3) is 0 Å². The second kappa shape index (κ2) is 4.58. The summed E-state index contributed by atoms with van der Waals surface area (Å²) in [5, 5.41) is 9.54. The van der Waals surface area contributed by atoms with Crippen molar-refractivity contribution in [1.29, 1.82) is 0 Å². The molecule has 1 aliphatic rings. The highest BCUT2D eigenvalue weighted by Crippen LogP contribution is 2.22. The molecule has 1 N–H and O–H groups in total. The maximum absolute atomic E-state index is 9.54. The molecule has 0 aromatic heterocycles. The Labute approximate surface area is 84.5 Å². The molecule has 0 aliphatic heterocycles. The molecular formula is C12H16O2. The van der Waals surface area contributed by atoms with E-state index in [0.717, 1.165) is 19.3 Å². The van der Waals surface area contributed by atoms with Gasteiger partial charge in [-0.15, -0.1) is 0 Å². The Bertz CT molecular complexity index is 271. The van der Waals surface area contributed by atoms with Crippen LogP contribution >= 0.6 is 0 Å². The molecular weight excluding hydrogens is 176 g/mol. The first-order valence-corrected chi connectivity index (χ1v) is 5.20. The summed E-state index contributed by atoms with van der Waals surface area (Å²) in [6.45, 7) is 0.614. The molecule has 2 rings (SSSR count). The van der Waals surface area contributed by atoms with Gasteiger partial charge in [0.2, 0.25) is 0 Å². The zero-order valence-electron chi connectivity index (χ0n) is 8.23. The van der Waals surface area contributed by atoms with Gasteiger partial charge in [-0.1, -0.05) is 30.3 Å². The first-order chi connectivity index (χ1) is 6.86. The number of hydrogen-bond donors (Lipinski definition) is 1. The smallest absolute Gasteiger partial charge is 0.0838 e. The van der Waals surface area contributed by atoms with Crippen LogP contribution in [0, 0.1) is 0 Å². The first-order valence-electron chi connectivity index (χ1n) is 5.20. The van der Waals surface area contributed by atoms with Crippen LogP contribution in [0.2, 0.25) is 0 Å². The molecule has 1 aliphatic carbocycles. The lowest BCUT2D eigenvalue weighted by Gasteiger charge is -2.15. The molecule has 0 saturated heterocycles. The van der Waals surface area contributed by atoms with Gasteiger partial charge >= 0.3 is 0 Å². The summed E-state index contributed by atoms with van der Waals surface area (Å²) in [6, 6.07) is 10.1. The number of hydrogen-bond acceptors (Lipinski definition) is 2. The fourth-order valence-corrected chi connectivity index (χ4v) is 1.88. The SMILES string of the molecule is O[C@H]1CCC[C@H]1OCc1ccccc1. The summed E-state index contributed by atoms with van der Waals surface area (Å²) in [6.07, 6.45) is 2.77. The van der Waals surface area contributed by atoms with Crippen LogP contribution in [0.1, 0.15) is 24.8 Å². The molecule has 0 heterocycles. The van der Waals surface area contributed by atoms with E-state index in [1.54, 1.807) is 0 Å². The van der Waals surface area contributed by atoms with Crippen LogP contribution in [0.15, 0.2) is 30.3 Å². The summed E-state index contributed by atoms with van der Waals surface area (Å²) in [5.74, 6) is 0. The van der Waals surface area contributed by atoms with E-state index >= 15 is 0 Å². The van der Waals surface area contributed by atoms with Crippen molar-refractivity contribution in [1.82, 2.24) is 0 Å². The highest BCUT2D eigenvalue weighted by molar-refractivity contribution is 5.13. The molecule has 1 saturated carbocycles. The Morgan fingerprint density at radius 1 is 1.21 bits per heavy atom. The zero-order valence-corrected chi connectivity index (χ0v) is 8.23. The largest absolute Gasteiger partial charge is 0.390 e. The number of benzene rings is 1. The van der Waals surface area contributed by atoms with Crippen LogP contribution in [-0.4, -0.2) is 17.3 Å². The van der Waals surface area contributed by atoms with E-state index in [0.29, 0.717) is 6.61 Å². The van der Waals surface area contributed by atoms with E-state index in [4.69, 9.17) is 4.74 Å². The lowest BCUT2D eigenvalue weighted by atomic mass is 10.2. The van der Waals surface area contributed by atoms with Crippen molar-refractivity contribution in [2.24, 2.45) is 0 Å². The highest BCUT2D eigenvalue weighted by Gasteiger charge is 2.25. The van der Waals surface area contributed by atoms with Gasteiger partial charge in [-0.2, -0.15) is 0 Å². The summed E-state index contributed by atoms with van der Waals surface area (Å²) < 4.78 is 5.65. The van der Waals surface area contributed by atoms with Crippen LogP contribution in [0.25, 0.3) is 0 Å². The Morgan fingerprint density at radius 2 is 2.00 bits per heavy atom. The van der Waals surface area contributed by atoms with Crippen molar-refractivity contribution in [3.63, 3.8) is 0 Å². The number of aliphatic hydroxyl groups is 1. The summed E-state index contributed by atoms with van der Waals surface area (Å²) >= 11 is 0. The number of ether oxygens (including phenoxy) is 1. The molecule has 1 aromatic rings. The quantitative estimate of drug-likeness (QED) is 0.794. The topological polar surface area (TPSA) is 29.5 Å². The van der Waals surface area contributed by atoms with Gasteiger partial charge in [-0.3, -0.25) is 0 Å². The van der Waals surface area contributed by atoms with Crippen molar-refractivity contribution >= 4 is 0 Å². The van der Waals surface area contributed by atoms with Gasteiger partial charge in [0.15, 0.2) is 0 Å². The molecule has 0 spiro atoms. The zero-order chi connectivity index (χ0) is 9.80. The number of rotatable bonds is 3. The second-order valence-corrected chi connectivity index (χ2v) is 3.83. The van der Waals surface area contributed by atoms with Crippen LogP contribution < -0.4 is 0 Å². The fourth-order valence-electron chi connectivity index (χ4n) is 1.88. The van der Waals surface area contributed by atoms with E-state index in [2.05, 4.69) is 0 Å². The molecule has 0 amide bonds. The summed E-state index contributed by atoms with van der Waals surface area (Å²) in [4.78, 5) is 0. The van der Waals surface area contributed by atoms with Gasteiger partial charge in [0, 0.05) is 0 Å². The van der Waals surface area contributed by atoms with Crippen molar-refractivity contribution in [2.45, 2.75) is 38.1 Å². The van der Waals surface area contributed by atoms with Crippen LogP contribution in [0.5, 0.6) is 0 Å². The molecule has 1 fully saturated rings. The molecule has 0 unspecified atom stereocenters. The third-order valence-electron chi connectivity index (χ3n) is 2.72. The molecule has 0 radical (unpaired) electrons. The molecule has 0 bridgehead atoms. The Hall–Kier alpha value is -0.860. The minimum absolute atomic E-state index is 0.0511.